The Labute approximate surface area is 80.7 Å². The van der Waals surface area contributed by atoms with E-state index in [4.69, 9.17) is 4.74 Å². The highest BCUT2D eigenvalue weighted by atomic mass is 16.5. The van der Waals surface area contributed by atoms with Gasteiger partial charge >= 0.3 is 0 Å². The van der Waals surface area contributed by atoms with Gasteiger partial charge in [0.25, 0.3) is 0 Å². The molecule has 1 aliphatic rings. The van der Waals surface area contributed by atoms with Crippen LogP contribution >= 0.6 is 0 Å². The summed E-state index contributed by atoms with van der Waals surface area (Å²) in [6.07, 6.45) is 0.567. The highest BCUT2D eigenvalue weighted by Gasteiger charge is 2.26. The first-order valence-electron chi connectivity index (χ1n) is 4.97. The molecule has 1 fully saturated rings. The van der Waals surface area contributed by atoms with Gasteiger partial charge in [0.2, 0.25) is 0 Å². The zero-order valence-electron chi connectivity index (χ0n) is 9.08. The lowest BCUT2D eigenvalue weighted by Crippen LogP contribution is -2.50. The van der Waals surface area contributed by atoms with Crippen LogP contribution in [0.1, 0.15) is 27.7 Å². The number of nitrogens with zero attached hydrogens (tertiary/aromatic N) is 1. The summed E-state index contributed by atoms with van der Waals surface area (Å²) in [7, 11) is 0. The maximum Gasteiger partial charge on any atom is 0.0718 e. The fourth-order valence-corrected chi connectivity index (χ4v) is 1.96. The number of hydrogen-bond donors (Lipinski definition) is 1. The molecular weight excluding hydrogens is 166 g/mol. The quantitative estimate of drug-likeness (QED) is 0.696. The van der Waals surface area contributed by atoms with Gasteiger partial charge in [0.05, 0.1) is 17.8 Å². The predicted molar refractivity (Wildman–Crippen MR) is 52.7 cm³/mol. The van der Waals surface area contributed by atoms with Crippen molar-refractivity contribution >= 4 is 0 Å². The molecule has 1 rings (SSSR count). The van der Waals surface area contributed by atoms with Crippen LogP contribution in [0.4, 0.5) is 0 Å². The van der Waals surface area contributed by atoms with E-state index >= 15 is 0 Å². The number of β-amino-alcohol motifs (C(OH)–C–C–N with tert-alkyl or cyclic N) is 1. The first-order valence-corrected chi connectivity index (χ1v) is 4.97. The van der Waals surface area contributed by atoms with Gasteiger partial charge in [-0.1, -0.05) is 0 Å². The molecule has 0 amide bonds. The van der Waals surface area contributed by atoms with Crippen molar-refractivity contribution in [3.63, 3.8) is 0 Å². The van der Waals surface area contributed by atoms with Crippen molar-refractivity contribution in [3.8, 4) is 0 Å². The van der Waals surface area contributed by atoms with Gasteiger partial charge in [-0.05, 0) is 27.7 Å². The Morgan fingerprint density at radius 1 is 1.31 bits per heavy atom. The van der Waals surface area contributed by atoms with Gasteiger partial charge in [-0.3, -0.25) is 4.90 Å². The minimum atomic E-state index is -0.600. The van der Waals surface area contributed by atoms with Gasteiger partial charge in [-0.2, -0.15) is 0 Å². The largest absolute Gasteiger partial charge is 0.389 e. The summed E-state index contributed by atoms with van der Waals surface area (Å²) in [5.41, 5.74) is -0.600. The molecule has 1 N–H and O–H groups in total. The molecular formula is C10H21NO2. The van der Waals surface area contributed by atoms with Crippen LogP contribution in [0, 0.1) is 0 Å². The zero-order valence-corrected chi connectivity index (χ0v) is 9.08. The highest BCUT2D eigenvalue weighted by molar-refractivity contribution is 4.78. The van der Waals surface area contributed by atoms with Crippen molar-refractivity contribution in [2.24, 2.45) is 0 Å². The zero-order chi connectivity index (χ0) is 10.1. The average molecular weight is 187 g/mol. The van der Waals surface area contributed by atoms with Crippen LogP contribution in [0.2, 0.25) is 0 Å². The van der Waals surface area contributed by atoms with E-state index in [0.717, 1.165) is 19.6 Å². The minimum Gasteiger partial charge on any atom is -0.389 e. The molecule has 78 valence electrons. The summed E-state index contributed by atoms with van der Waals surface area (Å²) in [5, 5.41) is 9.66. The van der Waals surface area contributed by atoms with Gasteiger partial charge in [0.1, 0.15) is 0 Å². The smallest absolute Gasteiger partial charge is 0.0718 e. The first kappa shape index (κ1) is 11.0. The Morgan fingerprint density at radius 3 is 2.15 bits per heavy atom. The van der Waals surface area contributed by atoms with E-state index in [1.54, 1.807) is 0 Å². The third-order valence-electron chi connectivity index (χ3n) is 2.11. The number of ether oxygens (including phenoxy) is 1. The molecule has 13 heavy (non-hydrogen) atoms. The second-order valence-corrected chi connectivity index (χ2v) is 4.76. The second-order valence-electron chi connectivity index (χ2n) is 4.76. The van der Waals surface area contributed by atoms with Crippen LogP contribution in [0.15, 0.2) is 0 Å². The number of morpholine rings is 1. The monoisotopic (exact) mass is 187 g/mol. The van der Waals surface area contributed by atoms with Crippen LogP contribution < -0.4 is 0 Å². The molecule has 0 aromatic rings. The van der Waals surface area contributed by atoms with Crippen molar-refractivity contribution in [3.05, 3.63) is 0 Å². The van der Waals surface area contributed by atoms with E-state index < -0.39 is 5.60 Å². The summed E-state index contributed by atoms with van der Waals surface area (Å²) < 4.78 is 5.61. The molecule has 0 bridgehead atoms. The van der Waals surface area contributed by atoms with E-state index in [2.05, 4.69) is 18.7 Å². The summed E-state index contributed by atoms with van der Waals surface area (Å²) in [6, 6.07) is 0. The van der Waals surface area contributed by atoms with E-state index in [1.807, 2.05) is 13.8 Å². The molecule has 0 saturated carbocycles. The summed E-state index contributed by atoms with van der Waals surface area (Å²) in [5.74, 6) is 0. The minimum absolute atomic E-state index is 0.283. The molecule has 3 nitrogen and oxygen atoms in total. The van der Waals surface area contributed by atoms with E-state index in [9.17, 15) is 5.11 Å². The Hall–Kier alpha value is -0.120. The van der Waals surface area contributed by atoms with E-state index in [0.29, 0.717) is 0 Å². The molecule has 0 aromatic carbocycles. The van der Waals surface area contributed by atoms with Gasteiger partial charge in [-0.15, -0.1) is 0 Å². The number of aliphatic hydroxyl groups is 1. The molecule has 1 aliphatic heterocycles. The average Bonchev–Trinajstić information content (AvgIpc) is 1.78. The third kappa shape index (κ3) is 4.07. The van der Waals surface area contributed by atoms with Crippen LogP contribution in [-0.2, 0) is 4.74 Å². The maximum absolute atomic E-state index is 9.66. The molecule has 0 aromatic heterocycles. The normalized spacial score (nSPS) is 32.1. The molecule has 2 unspecified atom stereocenters. The SMILES string of the molecule is CC1CN(CC(C)(C)O)CC(C)O1. The van der Waals surface area contributed by atoms with Crippen LogP contribution in [-0.4, -0.2) is 47.4 Å². The molecule has 1 heterocycles. The highest BCUT2D eigenvalue weighted by Crippen LogP contribution is 2.13. The Kier molecular flexibility index (Phi) is 3.33. The van der Waals surface area contributed by atoms with Crippen molar-refractivity contribution < 1.29 is 9.84 Å². The number of rotatable bonds is 2. The molecule has 3 heteroatoms. The fraction of sp³-hybridized carbons (Fsp3) is 1.00. The lowest BCUT2D eigenvalue weighted by Gasteiger charge is -2.38. The first-order chi connectivity index (χ1) is 5.87. The Bertz CT molecular complexity index is 155. The third-order valence-corrected chi connectivity index (χ3v) is 2.11. The summed E-state index contributed by atoms with van der Waals surface area (Å²) in [6.45, 7) is 10.4. The molecule has 2 atom stereocenters. The summed E-state index contributed by atoms with van der Waals surface area (Å²) >= 11 is 0. The molecule has 1 saturated heterocycles. The fourth-order valence-electron chi connectivity index (χ4n) is 1.96. The van der Waals surface area contributed by atoms with Gasteiger partial charge in [0, 0.05) is 19.6 Å². The van der Waals surface area contributed by atoms with Crippen molar-refractivity contribution in [2.45, 2.75) is 45.5 Å². The standard InChI is InChI=1S/C10H21NO2/c1-8-5-11(6-9(2)13-8)7-10(3,4)12/h8-9,12H,5-7H2,1-4H3. The topological polar surface area (TPSA) is 32.7 Å². The summed E-state index contributed by atoms with van der Waals surface area (Å²) in [4.78, 5) is 2.26. The number of hydrogen-bond acceptors (Lipinski definition) is 3. The van der Waals surface area contributed by atoms with Crippen molar-refractivity contribution in [2.75, 3.05) is 19.6 Å². The van der Waals surface area contributed by atoms with Crippen molar-refractivity contribution in [1.82, 2.24) is 4.90 Å². The molecule has 0 radical (unpaired) electrons. The van der Waals surface area contributed by atoms with E-state index in [-0.39, 0.29) is 12.2 Å². The van der Waals surface area contributed by atoms with Crippen LogP contribution in [0.25, 0.3) is 0 Å². The van der Waals surface area contributed by atoms with Crippen LogP contribution in [0.3, 0.4) is 0 Å². The lowest BCUT2D eigenvalue weighted by atomic mass is 10.1. The maximum atomic E-state index is 9.66. The molecule has 0 aliphatic carbocycles. The Balaban J connectivity index is 2.42. The van der Waals surface area contributed by atoms with Gasteiger partial charge in [-0.25, -0.2) is 0 Å². The lowest BCUT2D eigenvalue weighted by molar-refractivity contribution is -0.0858. The van der Waals surface area contributed by atoms with Crippen molar-refractivity contribution in [1.29, 1.82) is 0 Å². The Morgan fingerprint density at radius 2 is 1.77 bits per heavy atom. The van der Waals surface area contributed by atoms with E-state index in [1.165, 1.54) is 0 Å². The van der Waals surface area contributed by atoms with Crippen LogP contribution in [0.5, 0.6) is 0 Å². The predicted octanol–water partition coefficient (Wildman–Crippen LogP) is 0.866. The van der Waals surface area contributed by atoms with Gasteiger partial charge in [0.15, 0.2) is 0 Å². The van der Waals surface area contributed by atoms with Gasteiger partial charge < -0.3 is 9.84 Å². The second kappa shape index (κ2) is 3.95. The molecule has 0 spiro atoms.